The van der Waals surface area contributed by atoms with Crippen LogP contribution < -0.4 is 9.46 Å². The minimum absolute atomic E-state index is 0.121. The molecule has 5 rings (SSSR count). The Morgan fingerprint density at radius 2 is 1.62 bits per heavy atom. The molecule has 0 bridgehead atoms. The maximum Gasteiger partial charge on any atom is 0.263 e. The molecule has 9 heteroatoms. The fourth-order valence-electron chi connectivity index (χ4n) is 3.70. The van der Waals surface area contributed by atoms with Crippen molar-refractivity contribution in [1.29, 1.82) is 0 Å². The van der Waals surface area contributed by atoms with Crippen LogP contribution >= 0.6 is 0 Å². The van der Waals surface area contributed by atoms with Gasteiger partial charge in [0.1, 0.15) is 17.9 Å². The van der Waals surface area contributed by atoms with Gasteiger partial charge in [-0.15, -0.1) is 0 Å². The molecule has 34 heavy (non-hydrogen) atoms. The Balaban J connectivity index is 1.55. The molecule has 0 spiro atoms. The van der Waals surface area contributed by atoms with Crippen molar-refractivity contribution in [3.05, 3.63) is 91.8 Å². The van der Waals surface area contributed by atoms with Gasteiger partial charge >= 0.3 is 0 Å². The van der Waals surface area contributed by atoms with Gasteiger partial charge < -0.3 is 4.74 Å². The van der Waals surface area contributed by atoms with Crippen LogP contribution in [-0.4, -0.2) is 35.5 Å². The molecule has 0 unspecified atom stereocenters. The van der Waals surface area contributed by atoms with Crippen molar-refractivity contribution in [2.24, 2.45) is 0 Å². The van der Waals surface area contributed by atoms with E-state index in [0.717, 1.165) is 27.5 Å². The summed E-state index contributed by atoms with van der Waals surface area (Å²) in [6, 6.07) is 18.0. The number of rotatable bonds is 6. The molecule has 3 heterocycles. The van der Waals surface area contributed by atoms with Crippen LogP contribution in [0.1, 0.15) is 0 Å². The molecule has 2 aromatic carbocycles. The number of hydrogen-bond donors (Lipinski definition) is 1. The Kier molecular flexibility index (Phi) is 5.60. The van der Waals surface area contributed by atoms with Crippen molar-refractivity contribution in [1.82, 2.24) is 19.9 Å². The largest absolute Gasteiger partial charge is 0.496 e. The summed E-state index contributed by atoms with van der Waals surface area (Å²) in [5, 5.41) is 1.54. The van der Waals surface area contributed by atoms with Crippen LogP contribution in [-0.2, 0) is 10.0 Å². The summed E-state index contributed by atoms with van der Waals surface area (Å²) in [5.74, 6) is 0.862. The van der Waals surface area contributed by atoms with Gasteiger partial charge in [0.2, 0.25) is 0 Å². The second-order valence-electron chi connectivity index (χ2n) is 7.39. The first-order chi connectivity index (χ1) is 16.5. The van der Waals surface area contributed by atoms with Crippen molar-refractivity contribution in [2.45, 2.75) is 4.90 Å². The number of aromatic nitrogens is 4. The third-order valence-corrected chi connectivity index (χ3v) is 6.69. The lowest BCUT2D eigenvalue weighted by Gasteiger charge is -2.13. The predicted octanol–water partition coefficient (Wildman–Crippen LogP) is 4.56. The Bertz CT molecular complexity index is 1580. The van der Waals surface area contributed by atoms with Crippen molar-refractivity contribution >= 4 is 26.6 Å². The van der Waals surface area contributed by atoms with Crippen molar-refractivity contribution in [2.75, 3.05) is 11.8 Å². The lowest BCUT2D eigenvalue weighted by molar-refractivity contribution is 0.416. The number of ether oxygens (including phenoxy) is 1. The molecule has 3 aromatic heterocycles. The summed E-state index contributed by atoms with van der Waals surface area (Å²) >= 11 is 0. The molecule has 0 aliphatic rings. The standard InChI is InChI=1S/C25H19N5O3S/c1-33-23-15-18(17-6-10-26-11-7-17)2-4-22(23)25-21-5-3-20(14-19(21)8-13-28-25)34(31,32)30-24-9-12-27-16-29-24/h2-16H,1H3,(H,27,29,30). The van der Waals surface area contributed by atoms with E-state index >= 15 is 0 Å². The van der Waals surface area contributed by atoms with Gasteiger partial charge in [0.15, 0.2) is 0 Å². The maximum atomic E-state index is 12.9. The molecule has 0 amide bonds. The van der Waals surface area contributed by atoms with Gasteiger partial charge in [-0.2, -0.15) is 0 Å². The highest BCUT2D eigenvalue weighted by atomic mass is 32.2. The Hall–Kier alpha value is -4.37. The van der Waals surface area contributed by atoms with E-state index in [2.05, 4.69) is 24.7 Å². The van der Waals surface area contributed by atoms with Gasteiger partial charge in [0.05, 0.1) is 17.7 Å². The van der Waals surface area contributed by atoms with E-state index in [1.54, 1.807) is 50.0 Å². The fourth-order valence-corrected chi connectivity index (χ4v) is 4.74. The molecule has 0 fully saturated rings. The summed E-state index contributed by atoms with van der Waals surface area (Å²) in [5.41, 5.74) is 3.52. The van der Waals surface area contributed by atoms with E-state index in [1.165, 1.54) is 18.6 Å². The highest BCUT2D eigenvalue weighted by Gasteiger charge is 2.18. The zero-order valence-corrected chi connectivity index (χ0v) is 18.9. The number of anilines is 1. The smallest absolute Gasteiger partial charge is 0.263 e. The van der Waals surface area contributed by atoms with Gasteiger partial charge in [0.25, 0.3) is 10.0 Å². The van der Waals surface area contributed by atoms with E-state index in [1.807, 2.05) is 30.3 Å². The summed E-state index contributed by atoms with van der Waals surface area (Å²) in [6.07, 6.45) is 7.89. The van der Waals surface area contributed by atoms with Gasteiger partial charge in [-0.05, 0) is 65.0 Å². The van der Waals surface area contributed by atoms with Gasteiger partial charge in [0, 0.05) is 35.7 Å². The normalized spacial score (nSPS) is 11.3. The molecule has 0 atom stereocenters. The monoisotopic (exact) mass is 469 g/mol. The van der Waals surface area contributed by atoms with Gasteiger partial charge in [-0.25, -0.2) is 18.4 Å². The van der Waals surface area contributed by atoms with E-state index < -0.39 is 10.0 Å². The SMILES string of the molecule is COc1cc(-c2ccncc2)ccc1-c1nccc2cc(S(=O)(=O)Nc3ccncn3)ccc12. The number of benzene rings is 2. The number of nitrogens with zero attached hydrogens (tertiary/aromatic N) is 4. The van der Waals surface area contributed by atoms with Crippen LogP contribution in [0.15, 0.2) is 96.7 Å². The first-order valence-electron chi connectivity index (χ1n) is 10.3. The molecule has 168 valence electrons. The molecule has 8 nitrogen and oxygen atoms in total. The molecular weight excluding hydrogens is 450 g/mol. The van der Waals surface area contributed by atoms with Gasteiger partial charge in [-0.3, -0.25) is 14.7 Å². The first kappa shape index (κ1) is 21.5. The Morgan fingerprint density at radius 3 is 2.38 bits per heavy atom. The Morgan fingerprint density at radius 1 is 0.794 bits per heavy atom. The van der Waals surface area contributed by atoms with Gasteiger partial charge in [-0.1, -0.05) is 12.1 Å². The van der Waals surface area contributed by atoms with Crippen LogP contribution in [0.4, 0.5) is 5.82 Å². The quantitative estimate of drug-likeness (QED) is 0.388. The highest BCUT2D eigenvalue weighted by molar-refractivity contribution is 7.92. The van der Waals surface area contributed by atoms with Crippen molar-refractivity contribution < 1.29 is 13.2 Å². The molecule has 1 N–H and O–H groups in total. The van der Waals surface area contributed by atoms with E-state index in [9.17, 15) is 8.42 Å². The molecule has 0 aliphatic carbocycles. The van der Waals surface area contributed by atoms with Crippen LogP contribution in [0.2, 0.25) is 0 Å². The predicted molar refractivity (Wildman–Crippen MR) is 130 cm³/mol. The van der Waals surface area contributed by atoms with Crippen molar-refractivity contribution in [3.63, 3.8) is 0 Å². The highest BCUT2D eigenvalue weighted by Crippen LogP contribution is 2.37. The number of nitrogens with one attached hydrogen (secondary N) is 1. The minimum Gasteiger partial charge on any atom is -0.496 e. The Labute approximate surface area is 196 Å². The van der Waals surface area contributed by atoms with E-state index in [4.69, 9.17) is 4.74 Å². The molecule has 0 radical (unpaired) electrons. The van der Waals surface area contributed by atoms with E-state index in [0.29, 0.717) is 11.4 Å². The van der Waals surface area contributed by atoms with Crippen LogP contribution in [0.25, 0.3) is 33.2 Å². The number of methoxy groups -OCH3 is 1. The number of hydrogen-bond acceptors (Lipinski definition) is 7. The second kappa shape index (κ2) is 8.87. The number of sulfonamides is 1. The maximum absolute atomic E-state index is 12.9. The number of fused-ring (bicyclic) bond motifs is 1. The van der Waals surface area contributed by atoms with Crippen LogP contribution in [0, 0.1) is 0 Å². The number of pyridine rings is 2. The lowest BCUT2D eigenvalue weighted by Crippen LogP contribution is -2.13. The molecular formula is C25H19N5O3S. The summed E-state index contributed by atoms with van der Waals surface area (Å²) in [6.45, 7) is 0. The van der Waals surface area contributed by atoms with Crippen LogP contribution in [0.3, 0.4) is 0 Å². The molecule has 0 saturated heterocycles. The molecule has 0 saturated carbocycles. The molecule has 5 aromatic rings. The summed E-state index contributed by atoms with van der Waals surface area (Å²) < 4.78 is 33.9. The minimum atomic E-state index is -3.82. The van der Waals surface area contributed by atoms with E-state index in [-0.39, 0.29) is 10.7 Å². The topological polar surface area (TPSA) is 107 Å². The summed E-state index contributed by atoms with van der Waals surface area (Å²) in [4.78, 5) is 16.5. The van der Waals surface area contributed by atoms with Crippen molar-refractivity contribution in [3.8, 4) is 28.1 Å². The summed E-state index contributed by atoms with van der Waals surface area (Å²) in [7, 11) is -2.21. The van der Waals surface area contributed by atoms with Crippen LogP contribution in [0.5, 0.6) is 5.75 Å². The lowest BCUT2D eigenvalue weighted by atomic mass is 9.99. The fraction of sp³-hybridized carbons (Fsp3) is 0.0400. The first-order valence-corrected chi connectivity index (χ1v) is 11.8. The zero-order valence-electron chi connectivity index (χ0n) is 18.1. The average Bonchev–Trinajstić information content (AvgIpc) is 2.88. The molecule has 0 aliphatic heterocycles. The third kappa shape index (κ3) is 4.16. The average molecular weight is 470 g/mol. The zero-order chi connectivity index (χ0) is 23.5. The second-order valence-corrected chi connectivity index (χ2v) is 9.08. The third-order valence-electron chi connectivity index (χ3n) is 5.34.